The molecule has 2 rings (SSSR count). The molecule has 0 aliphatic carbocycles. The molecule has 1 aromatic rings. The van der Waals surface area contributed by atoms with Gasteiger partial charge in [0.1, 0.15) is 0 Å². The number of hydrogen-bond acceptors (Lipinski definition) is 4. The van der Waals surface area contributed by atoms with Crippen molar-refractivity contribution in [3.63, 3.8) is 0 Å². The molecule has 1 aliphatic heterocycles. The van der Waals surface area contributed by atoms with Gasteiger partial charge in [0.2, 0.25) is 0 Å². The van der Waals surface area contributed by atoms with Crippen molar-refractivity contribution < 1.29 is 9.53 Å². The smallest absolute Gasteiger partial charge is 0.256 e. The molecule has 0 atom stereocenters. The van der Waals surface area contributed by atoms with Gasteiger partial charge >= 0.3 is 0 Å². The van der Waals surface area contributed by atoms with Gasteiger partial charge in [-0.2, -0.15) is 0 Å². The van der Waals surface area contributed by atoms with Crippen molar-refractivity contribution in [3.8, 4) is 0 Å². The van der Waals surface area contributed by atoms with E-state index < -0.39 is 0 Å². The monoisotopic (exact) mass is 196 g/mol. The van der Waals surface area contributed by atoms with Crippen molar-refractivity contribution in [1.29, 1.82) is 0 Å². The SMILES string of the molecule is O=C(Nc1nccs1)C1=COCC1. The molecule has 0 saturated carbocycles. The van der Waals surface area contributed by atoms with Gasteiger partial charge in [0, 0.05) is 18.0 Å². The standard InChI is InChI=1S/C8H8N2O2S/c11-7(6-1-3-12-5-6)10-8-9-2-4-13-8/h2,4-5H,1,3H2,(H,9,10,11). The molecule has 0 unspecified atom stereocenters. The highest BCUT2D eigenvalue weighted by atomic mass is 32.1. The van der Waals surface area contributed by atoms with Crippen molar-refractivity contribution in [1.82, 2.24) is 4.98 Å². The summed E-state index contributed by atoms with van der Waals surface area (Å²) in [6.07, 6.45) is 3.83. The van der Waals surface area contributed by atoms with Crippen LogP contribution < -0.4 is 5.32 Å². The van der Waals surface area contributed by atoms with Crippen molar-refractivity contribution in [2.24, 2.45) is 0 Å². The van der Waals surface area contributed by atoms with Crippen LogP contribution in [0, 0.1) is 0 Å². The first kappa shape index (κ1) is 8.25. The van der Waals surface area contributed by atoms with Crippen LogP contribution in [0.4, 0.5) is 5.13 Å². The van der Waals surface area contributed by atoms with E-state index in [1.54, 1.807) is 6.20 Å². The Bertz CT molecular complexity index is 332. The minimum Gasteiger partial charge on any atom is -0.500 e. The van der Waals surface area contributed by atoms with E-state index in [1.807, 2.05) is 5.38 Å². The summed E-state index contributed by atoms with van der Waals surface area (Å²) in [4.78, 5) is 15.4. The Morgan fingerprint density at radius 1 is 1.69 bits per heavy atom. The lowest BCUT2D eigenvalue weighted by molar-refractivity contribution is -0.112. The van der Waals surface area contributed by atoms with Gasteiger partial charge in [-0.05, 0) is 0 Å². The van der Waals surface area contributed by atoms with Gasteiger partial charge in [-0.3, -0.25) is 10.1 Å². The maximum atomic E-state index is 11.4. The molecule has 5 heteroatoms. The quantitative estimate of drug-likeness (QED) is 0.777. The number of nitrogens with one attached hydrogen (secondary N) is 1. The fourth-order valence-electron chi connectivity index (χ4n) is 1.02. The van der Waals surface area contributed by atoms with Crippen molar-refractivity contribution in [2.45, 2.75) is 6.42 Å². The minimum absolute atomic E-state index is 0.118. The first-order chi connectivity index (χ1) is 6.36. The molecule has 1 N–H and O–H groups in total. The lowest BCUT2D eigenvalue weighted by Crippen LogP contribution is -2.13. The molecule has 0 radical (unpaired) electrons. The number of aromatic nitrogens is 1. The Morgan fingerprint density at radius 3 is 3.23 bits per heavy atom. The van der Waals surface area contributed by atoms with E-state index in [2.05, 4.69) is 10.3 Å². The molecule has 0 spiro atoms. The zero-order valence-electron chi connectivity index (χ0n) is 6.82. The Balaban J connectivity index is 1.99. The van der Waals surface area contributed by atoms with E-state index >= 15 is 0 Å². The van der Waals surface area contributed by atoms with Crippen LogP contribution in [-0.2, 0) is 9.53 Å². The van der Waals surface area contributed by atoms with E-state index in [0.717, 1.165) is 0 Å². The van der Waals surface area contributed by atoms with Crippen LogP contribution in [0.5, 0.6) is 0 Å². The van der Waals surface area contributed by atoms with Crippen LogP contribution in [-0.4, -0.2) is 17.5 Å². The van der Waals surface area contributed by atoms with E-state index in [1.165, 1.54) is 17.6 Å². The fourth-order valence-corrected chi connectivity index (χ4v) is 1.54. The molecule has 0 fully saturated rings. The number of thiazole rings is 1. The maximum absolute atomic E-state index is 11.4. The summed E-state index contributed by atoms with van der Waals surface area (Å²) in [6, 6.07) is 0. The molecule has 68 valence electrons. The minimum atomic E-state index is -0.118. The van der Waals surface area contributed by atoms with Gasteiger partial charge in [-0.1, -0.05) is 0 Å². The number of rotatable bonds is 2. The first-order valence-corrected chi connectivity index (χ1v) is 4.76. The molecular weight excluding hydrogens is 188 g/mol. The summed E-state index contributed by atoms with van der Waals surface area (Å²) in [5, 5.41) is 5.12. The lowest BCUT2D eigenvalue weighted by Gasteiger charge is -1.98. The van der Waals surface area contributed by atoms with Gasteiger partial charge in [0.05, 0.1) is 18.4 Å². The predicted molar refractivity (Wildman–Crippen MR) is 49.4 cm³/mol. The fraction of sp³-hybridized carbons (Fsp3) is 0.250. The molecule has 1 amide bonds. The molecule has 1 aliphatic rings. The van der Waals surface area contributed by atoms with Gasteiger partial charge in [0.15, 0.2) is 5.13 Å². The van der Waals surface area contributed by atoms with Gasteiger partial charge in [-0.15, -0.1) is 11.3 Å². The summed E-state index contributed by atoms with van der Waals surface area (Å²) in [7, 11) is 0. The number of nitrogens with zero attached hydrogens (tertiary/aromatic N) is 1. The topological polar surface area (TPSA) is 51.2 Å². The van der Waals surface area contributed by atoms with Crippen molar-refractivity contribution in [2.75, 3.05) is 11.9 Å². The summed E-state index contributed by atoms with van der Waals surface area (Å²) in [5.74, 6) is -0.118. The number of anilines is 1. The average Bonchev–Trinajstić information content (AvgIpc) is 2.74. The van der Waals surface area contributed by atoms with E-state index in [4.69, 9.17) is 4.74 Å². The van der Waals surface area contributed by atoms with Crippen LogP contribution >= 0.6 is 11.3 Å². The summed E-state index contributed by atoms with van der Waals surface area (Å²) in [5.41, 5.74) is 0.676. The number of carbonyl (C=O) groups is 1. The second-order valence-electron chi connectivity index (χ2n) is 2.56. The van der Waals surface area contributed by atoms with Gasteiger partial charge < -0.3 is 4.74 Å². The molecular formula is C8H8N2O2S. The van der Waals surface area contributed by atoms with Crippen LogP contribution in [0.2, 0.25) is 0 Å². The van der Waals surface area contributed by atoms with E-state index in [-0.39, 0.29) is 5.91 Å². The van der Waals surface area contributed by atoms with E-state index in [0.29, 0.717) is 23.7 Å². The Morgan fingerprint density at radius 2 is 2.62 bits per heavy atom. The molecule has 1 aromatic heterocycles. The first-order valence-electron chi connectivity index (χ1n) is 3.88. The third-order valence-electron chi connectivity index (χ3n) is 1.66. The third-order valence-corrected chi connectivity index (χ3v) is 2.35. The number of ether oxygens (including phenoxy) is 1. The second kappa shape index (κ2) is 3.57. The summed E-state index contributed by atoms with van der Waals surface area (Å²) in [6.45, 7) is 0.598. The van der Waals surface area contributed by atoms with Crippen molar-refractivity contribution in [3.05, 3.63) is 23.4 Å². The van der Waals surface area contributed by atoms with Crippen molar-refractivity contribution >= 4 is 22.4 Å². The van der Waals surface area contributed by atoms with Crippen LogP contribution in [0.3, 0.4) is 0 Å². The largest absolute Gasteiger partial charge is 0.500 e. The zero-order valence-corrected chi connectivity index (χ0v) is 7.63. The predicted octanol–water partition coefficient (Wildman–Crippen LogP) is 1.39. The summed E-state index contributed by atoms with van der Waals surface area (Å²) >= 11 is 1.40. The Labute approximate surface area is 79.2 Å². The number of amides is 1. The van der Waals surface area contributed by atoms with Crippen LogP contribution in [0.15, 0.2) is 23.4 Å². The second-order valence-corrected chi connectivity index (χ2v) is 3.45. The number of carbonyl (C=O) groups excluding carboxylic acids is 1. The molecule has 2 heterocycles. The molecule has 0 bridgehead atoms. The van der Waals surface area contributed by atoms with E-state index in [9.17, 15) is 4.79 Å². The average molecular weight is 196 g/mol. The normalized spacial score (nSPS) is 14.9. The molecule has 0 saturated heterocycles. The van der Waals surface area contributed by atoms with Crippen LogP contribution in [0.1, 0.15) is 6.42 Å². The summed E-state index contributed by atoms with van der Waals surface area (Å²) < 4.78 is 4.96. The number of hydrogen-bond donors (Lipinski definition) is 1. The van der Waals surface area contributed by atoms with Gasteiger partial charge in [0.25, 0.3) is 5.91 Å². The zero-order chi connectivity index (χ0) is 9.10. The highest BCUT2D eigenvalue weighted by molar-refractivity contribution is 7.13. The Kier molecular flexibility index (Phi) is 2.27. The lowest BCUT2D eigenvalue weighted by atomic mass is 10.2. The highest BCUT2D eigenvalue weighted by Gasteiger charge is 2.14. The molecule has 0 aromatic carbocycles. The highest BCUT2D eigenvalue weighted by Crippen LogP contribution is 2.15. The van der Waals surface area contributed by atoms with Gasteiger partial charge in [-0.25, -0.2) is 4.98 Å². The molecule has 4 nitrogen and oxygen atoms in total. The third kappa shape index (κ3) is 1.86. The van der Waals surface area contributed by atoms with Crippen LogP contribution in [0.25, 0.3) is 0 Å². The molecule has 13 heavy (non-hydrogen) atoms. The Hall–Kier alpha value is -1.36. The maximum Gasteiger partial charge on any atom is 0.256 e.